The fourth-order valence-corrected chi connectivity index (χ4v) is 7.00. The molecule has 0 atom stereocenters. The lowest BCUT2D eigenvalue weighted by Gasteiger charge is -2.16. The molecule has 4 aliphatic rings. The van der Waals surface area contributed by atoms with Crippen molar-refractivity contribution < 1.29 is 38.0 Å². The van der Waals surface area contributed by atoms with Crippen LogP contribution >= 0.6 is 15.9 Å². The molecule has 61 heavy (non-hydrogen) atoms. The second kappa shape index (κ2) is 17.6. The molecule has 0 unspecified atom stereocenters. The SMILES string of the molecule is COc1ccccc1N.COc1ccccc1Nc1cnc(NC(=O)C2(c3ccc4c(c3)OCO4)CC2)cn1.O=C(Nc1cnc(Br)cn1)C1(c2ccc3c(c2)OCO3)CC1. The Morgan fingerprint density at radius 1 is 0.607 bits per heavy atom. The highest BCUT2D eigenvalue weighted by atomic mass is 79.9. The number of ether oxygens (including phenoxy) is 6. The normalized spacial score (nSPS) is 15.1. The van der Waals surface area contributed by atoms with Gasteiger partial charge in [0.15, 0.2) is 34.6 Å². The van der Waals surface area contributed by atoms with Gasteiger partial charge in [0, 0.05) is 0 Å². The summed E-state index contributed by atoms with van der Waals surface area (Å²) in [7, 11) is 3.21. The standard InChI is InChI=1S/C22H20N4O4.C15H12BrN3O3.C7H9NO/c1-28-16-5-3-2-4-15(16)25-19-11-24-20(12-23-19)26-21(27)22(8-9-22)14-6-7-17-18(10-14)30-13-29-17;16-12-6-18-13(7-17-12)19-14(20)15(3-4-15)9-1-2-10-11(5-9)22-8-21-10;1-9-7-5-3-2-4-6(7)8/h2-7,10-12H,8-9,13H2,1H3,(H,23,25)(H,24,26,27);1-2,5-7H,3-4,8H2,(H,18,19,20);2-5H,8H2,1H3. The maximum Gasteiger partial charge on any atom is 0.236 e. The Kier molecular flexibility index (Phi) is 11.7. The molecule has 2 aromatic heterocycles. The lowest BCUT2D eigenvalue weighted by molar-refractivity contribution is -0.119. The van der Waals surface area contributed by atoms with E-state index in [1.165, 1.54) is 12.4 Å². The van der Waals surface area contributed by atoms with Gasteiger partial charge in [0.05, 0.1) is 61.2 Å². The van der Waals surface area contributed by atoms with E-state index in [0.717, 1.165) is 54.0 Å². The van der Waals surface area contributed by atoms with Crippen LogP contribution in [0.1, 0.15) is 36.8 Å². The van der Waals surface area contributed by atoms with Gasteiger partial charge in [0.1, 0.15) is 21.9 Å². The van der Waals surface area contributed by atoms with Crippen molar-refractivity contribution in [2.75, 3.05) is 49.5 Å². The van der Waals surface area contributed by atoms with E-state index in [1.807, 2.05) is 78.9 Å². The van der Waals surface area contributed by atoms with Crippen molar-refractivity contribution in [2.24, 2.45) is 0 Å². The lowest BCUT2D eigenvalue weighted by atomic mass is 9.94. The van der Waals surface area contributed by atoms with Crippen molar-refractivity contribution in [2.45, 2.75) is 36.5 Å². The van der Waals surface area contributed by atoms with Gasteiger partial charge in [-0.05, 0) is 101 Å². The molecule has 0 saturated heterocycles. The minimum atomic E-state index is -0.559. The van der Waals surface area contributed by atoms with Crippen molar-refractivity contribution in [3.63, 3.8) is 0 Å². The third-order valence-electron chi connectivity index (χ3n) is 10.5. The minimum Gasteiger partial charge on any atom is -0.495 e. The van der Waals surface area contributed by atoms with E-state index in [-0.39, 0.29) is 25.4 Å². The molecule has 5 N–H and O–H groups in total. The first-order valence-electron chi connectivity index (χ1n) is 19.2. The number of carbonyl (C=O) groups is 2. The molecule has 0 spiro atoms. The molecule has 2 amide bonds. The van der Waals surface area contributed by atoms with Gasteiger partial charge < -0.3 is 50.1 Å². The third kappa shape index (κ3) is 9.06. The highest BCUT2D eigenvalue weighted by Crippen LogP contribution is 2.52. The number of nitrogens with two attached hydrogens (primary N) is 1. The molecule has 2 saturated carbocycles. The van der Waals surface area contributed by atoms with E-state index in [2.05, 4.69) is 51.8 Å². The summed E-state index contributed by atoms with van der Waals surface area (Å²) in [5.74, 6) is 5.47. The third-order valence-corrected chi connectivity index (χ3v) is 10.9. The number of hydrogen-bond acceptors (Lipinski definition) is 14. The van der Waals surface area contributed by atoms with E-state index >= 15 is 0 Å². The van der Waals surface area contributed by atoms with Crippen LogP contribution in [0, 0.1) is 0 Å². The number of benzene rings is 4. The van der Waals surface area contributed by atoms with Crippen LogP contribution in [0.2, 0.25) is 0 Å². The zero-order valence-electron chi connectivity index (χ0n) is 33.1. The Morgan fingerprint density at radius 3 is 1.56 bits per heavy atom. The summed E-state index contributed by atoms with van der Waals surface area (Å²) in [5.41, 5.74) is 7.77. The maximum absolute atomic E-state index is 13.0. The van der Waals surface area contributed by atoms with E-state index in [0.29, 0.717) is 50.7 Å². The number of nitrogens with one attached hydrogen (secondary N) is 3. The van der Waals surface area contributed by atoms with Gasteiger partial charge in [-0.3, -0.25) is 9.59 Å². The fourth-order valence-electron chi connectivity index (χ4n) is 6.79. The first kappa shape index (κ1) is 40.6. The van der Waals surface area contributed by atoms with E-state index in [4.69, 9.17) is 34.2 Å². The van der Waals surface area contributed by atoms with Crippen LogP contribution < -0.4 is 50.1 Å². The van der Waals surface area contributed by atoms with Gasteiger partial charge in [-0.2, -0.15) is 0 Å². The van der Waals surface area contributed by atoms with Crippen LogP contribution in [0.4, 0.5) is 28.8 Å². The van der Waals surface area contributed by atoms with Crippen LogP contribution in [-0.2, 0) is 20.4 Å². The molecule has 10 rings (SSSR count). The molecule has 4 heterocycles. The van der Waals surface area contributed by atoms with E-state index in [9.17, 15) is 9.59 Å². The van der Waals surface area contributed by atoms with E-state index in [1.54, 1.807) is 32.7 Å². The Balaban J connectivity index is 0.000000144. The first-order chi connectivity index (χ1) is 29.7. The van der Waals surface area contributed by atoms with Gasteiger partial charge in [-0.25, -0.2) is 19.9 Å². The minimum absolute atomic E-state index is 0.0667. The predicted molar refractivity (Wildman–Crippen MR) is 230 cm³/mol. The van der Waals surface area contributed by atoms with Gasteiger partial charge in [-0.1, -0.05) is 36.4 Å². The highest BCUT2D eigenvalue weighted by Gasteiger charge is 2.52. The van der Waals surface area contributed by atoms with Crippen molar-refractivity contribution in [1.29, 1.82) is 0 Å². The molecule has 0 bridgehead atoms. The van der Waals surface area contributed by atoms with Crippen molar-refractivity contribution in [1.82, 2.24) is 19.9 Å². The molecule has 2 aliphatic heterocycles. The number of nitrogen functional groups attached to an aromatic ring is 1. The predicted octanol–water partition coefficient (Wildman–Crippen LogP) is 7.54. The summed E-state index contributed by atoms with van der Waals surface area (Å²) in [6.45, 7) is 0.440. The molecule has 16 nitrogen and oxygen atoms in total. The van der Waals surface area contributed by atoms with Crippen LogP contribution in [0.15, 0.2) is 114 Å². The number of hydrogen-bond donors (Lipinski definition) is 4. The monoisotopic (exact) mass is 888 g/mol. The highest BCUT2D eigenvalue weighted by molar-refractivity contribution is 9.10. The number of carbonyl (C=O) groups excluding carboxylic acids is 2. The number of para-hydroxylation sites is 4. The number of rotatable bonds is 10. The smallest absolute Gasteiger partial charge is 0.236 e. The topological polar surface area (TPSA) is 203 Å². The summed E-state index contributed by atoms with van der Waals surface area (Å²) in [6, 6.07) is 26.3. The van der Waals surface area contributed by atoms with Crippen molar-refractivity contribution in [3.05, 3.63) is 125 Å². The van der Waals surface area contributed by atoms with Crippen LogP contribution in [-0.4, -0.2) is 59.6 Å². The average molecular weight is 890 g/mol. The molecule has 312 valence electrons. The van der Waals surface area contributed by atoms with E-state index < -0.39 is 10.8 Å². The van der Waals surface area contributed by atoms with Crippen LogP contribution in [0.25, 0.3) is 0 Å². The van der Waals surface area contributed by atoms with Gasteiger partial charge in [0.25, 0.3) is 0 Å². The molecular formula is C44H41BrN8O8. The fraction of sp³-hybridized carbons (Fsp3) is 0.227. The molecule has 17 heteroatoms. The maximum atomic E-state index is 13.0. The zero-order chi connectivity index (χ0) is 42.4. The summed E-state index contributed by atoms with van der Waals surface area (Å²) >= 11 is 3.22. The summed E-state index contributed by atoms with van der Waals surface area (Å²) in [4.78, 5) is 42.4. The number of halogens is 1. The number of nitrogens with zero attached hydrogens (tertiary/aromatic N) is 4. The number of fused-ring (bicyclic) bond motifs is 2. The molecule has 2 fully saturated rings. The second-order valence-corrected chi connectivity index (χ2v) is 15.1. The van der Waals surface area contributed by atoms with Crippen molar-refractivity contribution >= 4 is 56.6 Å². The molecular weight excluding hydrogens is 848 g/mol. The Labute approximate surface area is 359 Å². The van der Waals surface area contributed by atoms with Crippen LogP contribution in [0.5, 0.6) is 34.5 Å². The quantitative estimate of drug-likeness (QED) is 0.0982. The van der Waals surface area contributed by atoms with Gasteiger partial charge in [-0.15, -0.1) is 0 Å². The Hall–Kier alpha value is -7.14. The first-order valence-corrected chi connectivity index (χ1v) is 20.0. The van der Waals surface area contributed by atoms with Crippen molar-refractivity contribution in [3.8, 4) is 34.5 Å². The number of aromatic nitrogens is 4. The summed E-state index contributed by atoms with van der Waals surface area (Å²) < 4.78 is 32.4. The lowest BCUT2D eigenvalue weighted by Crippen LogP contribution is -2.28. The van der Waals surface area contributed by atoms with Gasteiger partial charge in [0.2, 0.25) is 25.4 Å². The second-order valence-electron chi connectivity index (χ2n) is 14.3. The largest absolute Gasteiger partial charge is 0.495 e. The Morgan fingerprint density at radius 2 is 1.08 bits per heavy atom. The molecule has 4 aromatic carbocycles. The molecule has 6 aromatic rings. The molecule has 2 aliphatic carbocycles. The summed E-state index contributed by atoms with van der Waals surface area (Å²) in [6.07, 6.45) is 9.35. The van der Waals surface area contributed by atoms with Gasteiger partial charge >= 0.3 is 0 Å². The summed E-state index contributed by atoms with van der Waals surface area (Å²) in [5, 5.41) is 8.88. The number of amides is 2. The Bertz CT molecular complexity index is 2540. The number of anilines is 5. The van der Waals surface area contributed by atoms with Crippen LogP contribution in [0.3, 0.4) is 0 Å². The average Bonchev–Trinajstić information content (AvgIpc) is 4.18. The number of methoxy groups -OCH3 is 2. The zero-order valence-corrected chi connectivity index (χ0v) is 34.7. The molecule has 0 radical (unpaired) electrons.